The number of thiazole rings is 1. The maximum atomic E-state index is 14.1. The molecule has 0 bridgehead atoms. The molecule has 0 aliphatic carbocycles. The topological polar surface area (TPSA) is 88.4 Å². The molecule has 0 radical (unpaired) electrons. The number of fused-ring (bicyclic) bond motifs is 1. The van der Waals surface area contributed by atoms with Gasteiger partial charge in [0.25, 0.3) is 5.56 Å². The van der Waals surface area contributed by atoms with E-state index in [1.165, 1.54) is 11.3 Å². The van der Waals surface area contributed by atoms with Gasteiger partial charge < -0.3 is 18.9 Å². The van der Waals surface area contributed by atoms with Gasteiger partial charge in [0.15, 0.2) is 16.3 Å². The van der Waals surface area contributed by atoms with Crippen LogP contribution in [0.2, 0.25) is 5.02 Å². The summed E-state index contributed by atoms with van der Waals surface area (Å²) < 4.78 is 25.1. The minimum absolute atomic E-state index is 0.116. The SMILES string of the molecule is CCOC(=O)C1=C(C)N=c2s/c(=C/c3ccc(OCc4ccccc4Cl)c(OC)c3)c(=O)n2[C@H]1c1ccccc1OC(C)C. The molecule has 228 valence electrons. The second kappa shape index (κ2) is 13.5. The quantitative estimate of drug-likeness (QED) is 0.205. The summed E-state index contributed by atoms with van der Waals surface area (Å²) in [6, 6.07) is 19.6. The van der Waals surface area contributed by atoms with Crippen molar-refractivity contribution in [2.24, 2.45) is 4.99 Å². The van der Waals surface area contributed by atoms with Crippen molar-refractivity contribution in [2.45, 2.75) is 46.4 Å². The Morgan fingerprint density at radius 1 is 1.07 bits per heavy atom. The average Bonchev–Trinajstić information content (AvgIpc) is 3.30. The van der Waals surface area contributed by atoms with Crippen LogP contribution in [0.15, 0.2) is 87.8 Å². The van der Waals surface area contributed by atoms with Crippen molar-refractivity contribution < 1.29 is 23.7 Å². The number of carbonyl (C=O) groups excluding carboxylic acids is 1. The Bertz CT molecular complexity index is 1910. The number of aromatic nitrogens is 1. The second-order valence-corrected chi connectivity index (χ2v) is 11.7. The molecular weight excluding hydrogens is 600 g/mol. The Labute approximate surface area is 264 Å². The van der Waals surface area contributed by atoms with Crippen LogP contribution >= 0.6 is 22.9 Å². The zero-order valence-corrected chi connectivity index (χ0v) is 26.7. The number of carbonyl (C=O) groups is 1. The minimum Gasteiger partial charge on any atom is -0.493 e. The van der Waals surface area contributed by atoms with Gasteiger partial charge in [0.05, 0.1) is 35.6 Å². The van der Waals surface area contributed by atoms with Crippen LogP contribution in [0.25, 0.3) is 6.08 Å². The van der Waals surface area contributed by atoms with E-state index >= 15 is 0 Å². The van der Waals surface area contributed by atoms with E-state index in [1.807, 2.05) is 68.4 Å². The molecule has 3 aromatic carbocycles. The molecule has 1 aliphatic rings. The molecule has 0 N–H and O–H groups in total. The number of hydrogen-bond donors (Lipinski definition) is 0. The van der Waals surface area contributed by atoms with Crippen molar-refractivity contribution in [1.82, 2.24) is 4.57 Å². The first-order valence-electron chi connectivity index (χ1n) is 14.2. The van der Waals surface area contributed by atoms with Crippen LogP contribution in [0.5, 0.6) is 17.2 Å². The lowest BCUT2D eigenvalue weighted by Gasteiger charge is -2.26. The number of allylic oxidation sites excluding steroid dienone is 1. The smallest absolute Gasteiger partial charge is 0.338 e. The Balaban J connectivity index is 1.58. The molecular formula is C34H33ClN2O6S. The molecule has 0 saturated heterocycles. The van der Waals surface area contributed by atoms with E-state index in [0.29, 0.717) is 48.4 Å². The van der Waals surface area contributed by atoms with Crippen molar-refractivity contribution in [1.29, 1.82) is 0 Å². The molecule has 5 rings (SSSR count). The third kappa shape index (κ3) is 6.44. The van der Waals surface area contributed by atoms with Gasteiger partial charge in [-0.3, -0.25) is 9.36 Å². The standard InChI is InChI=1S/C34H33ClN2O6S/c1-6-41-33(39)30-21(4)36-34-37(31(30)24-12-8-10-14-26(24)43-20(2)3)32(38)29(44-34)18-22-15-16-27(28(17-22)40-5)42-19-23-11-7-9-13-25(23)35/h7-18,20,31H,6,19H2,1-5H3/b29-18+/t31-/m0/s1. The van der Waals surface area contributed by atoms with E-state index in [9.17, 15) is 9.59 Å². The maximum absolute atomic E-state index is 14.1. The lowest BCUT2D eigenvalue weighted by molar-refractivity contribution is -0.139. The third-order valence-electron chi connectivity index (χ3n) is 6.92. The largest absolute Gasteiger partial charge is 0.493 e. The summed E-state index contributed by atoms with van der Waals surface area (Å²) in [6.45, 7) is 7.83. The molecule has 0 fully saturated rings. The number of para-hydroxylation sites is 1. The van der Waals surface area contributed by atoms with Gasteiger partial charge in [-0.2, -0.15) is 0 Å². The number of esters is 1. The first-order valence-corrected chi connectivity index (χ1v) is 15.4. The summed E-state index contributed by atoms with van der Waals surface area (Å²) in [7, 11) is 1.56. The zero-order chi connectivity index (χ0) is 31.4. The predicted molar refractivity (Wildman–Crippen MR) is 171 cm³/mol. The number of ether oxygens (including phenoxy) is 4. The van der Waals surface area contributed by atoms with Crippen molar-refractivity contribution in [3.63, 3.8) is 0 Å². The minimum atomic E-state index is -0.780. The molecule has 1 aliphatic heterocycles. The molecule has 0 unspecified atom stereocenters. The maximum Gasteiger partial charge on any atom is 0.338 e. The third-order valence-corrected chi connectivity index (χ3v) is 8.27. The molecule has 1 aromatic heterocycles. The summed E-state index contributed by atoms with van der Waals surface area (Å²) in [5, 5.41) is 0.622. The highest BCUT2D eigenvalue weighted by Crippen LogP contribution is 2.36. The van der Waals surface area contributed by atoms with Gasteiger partial charge in [0, 0.05) is 16.1 Å². The van der Waals surface area contributed by atoms with E-state index < -0.39 is 12.0 Å². The molecule has 1 atom stereocenters. The normalized spacial score (nSPS) is 14.7. The Hall–Kier alpha value is -4.34. The van der Waals surface area contributed by atoms with Crippen LogP contribution in [0.3, 0.4) is 0 Å². The van der Waals surface area contributed by atoms with Crippen molar-refractivity contribution >= 4 is 35.0 Å². The second-order valence-electron chi connectivity index (χ2n) is 10.3. The first-order chi connectivity index (χ1) is 21.2. The number of methoxy groups -OCH3 is 1. The summed E-state index contributed by atoms with van der Waals surface area (Å²) >= 11 is 7.53. The Morgan fingerprint density at radius 3 is 2.55 bits per heavy atom. The fraction of sp³-hybridized carbons (Fsp3) is 0.265. The molecule has 10 heteroatoms. The van der Waals surface area contributed by atoms with Gasteiger partial charge >= 0.3 is 5.97 Å². The monoisotopic (exact) mass is 632 g/mol. The Kier molecular flexibility index (Phi) is 9.56. The fourth-order valence-corrected chi connectivity index (χ4v) is 6.21. The van der Waals surface area contributed by atoms with Gasteiger partial charge in [-0.25, -0.2) is 9.79 Å². The van der Waals surface area contributed by atoms with E-state index in [1.54, 1.807) is 43.7 Å². The molecule has 44 heavy (non-hydrogen) atoms. The Morgan fingerprint density at radius 2 is 1.82 bits per heavy atom. The molecule has 0 amide bonds. The highest BCUT2D eigenvalue weighted by Gasteiger charge is 2.35. The number of nitrogens with zero attached hydrogens (tertiary/aromatic N) is 2. The predicted octanol–water partition coefficient (Wildman–Crippen LogP) is 5.83. The number of benzene rings is 3. The summed E-state index contributed by atoms with van der Waals surface area (Å²) in [4.78, 5) is 32.5. The van der Waals surface area contributed by atoms with Crippen molar-refractivity contribution in [3.8, 4) is 17.2 Å². The summed E-state index contributed by atoms with van der Waals surface area (Å²) in [5.74, 6) is 1.11. The van der Waals surface area contributed by atoms with Gasteiger partial charge in [-0.15, -0.1) is 0 Å². The number of rotatable bonds is 10. The highest BCUT2D eigenvalue weighted by atomic mass is 35.5. The summed E-state index contributed by atoms with van der Waals surface area (Å²) in [5.41, 5.74) is 2.76. The lowest BCUT2D eigenvalue weighted by atomic mass is 9.95. The average molecular weight is 633 g/mol. The van der Waals surface area contributed by atoms with Crippen LogP contribution in [0, 0.1) is 0 Å². The lowest BCUT2D eigenvalue weighted by Crippen LogP contribution is -2.40. The van der Waals surface area contributed by atoms with E-state index in [2.05, 4.69) is 4.99 Å². The zero-order valence-electron chi connectivity index (χ0n) is 25.1. The molecule has 0 saturated carbocycles. The molecule has 2 heterocycles. The van der Waals surface area contributed by atoms with Crippen LogP contribution in [0.4, 0.5) is 0 Å². The first kappa shape index (κ1) is 31.1. The van der Waals surface area contributed by atoms with Crippen molar-refractivity contribution in [3.05, 3.63) is 119 Å². The van der Waals surface area contributed by atoms with Crippen LogP contribution in [-0.2, 0) is 16.1 Å². The molecule has 4 aromatic rings. The van der Waals surface area contributed by atoms with Crippen LogP contribution in [-0.4, -0.2) is 30.4 Å². The van der Waals surface area contributed by atoms with Crippen LogP contribution < -0.4 is 29.1 Å². The highest BCUT2D eigenvalue weighted by molar-refractivity contribution is 7.07. The van der Waals surface area contributed by atoms with Gasteiger partial charge in [-0.1, -0.05) is 65.4 Å². The van der Waals surface area contributed by atoms with E-state index in [4.69, 9.17) is 30.5 Å². The fourth-order valence-electron chi connectivity index (χ4n) is 4.97. The van der Waals surface area contributed by atoms with Crippen molar-refractivity contribution in [2.75, 3.05) is 13.7 Å². The van der Waals surface area contributed by atoms with E-state index in [-0.39, 0.29) is 24.9 Å². The van der Waals surface area contributed by atoms with Gasteiger partial charge in [0.2, 0.25) is 0 Å². The van der Waals surface area contributed by atoms with E-state index in [0.717, 1.165) is 11.1 Å². The summed E-state index contributed by atoms with van der Waals surface area (Å²) in [6.07, 6.45) is 1.66. The molecule has 8 nitrogen and oxygen atoms in total. The van der Waals surface area contributed by atoms with Gasteiger partial charge in [0.1, 0.15) is 18.4 Å². The number of hydrogen-bond acceptors (Lipinski definition) is 8. The van der Waals surface area contributed by atoms with Gasteiger partial charge in [-0.05, 0) is 63.6 Å². The molecule has 0 spiro atoms. The van der Waals surface area contributed by atoms with Crippen LogP contribution in [0.1, 0.15) is 50.4 Å². The number of halogens is 1.